The van der Waals surface area contributed by atoms with Gasteiger partial charge in [0.2, 0.25) is 5.75 Å². The number of hydrogen-bond acceptors (Lipinski definition) is 5. The summed E-state index contributed by atoms with van der Waals surface area (Å²) in [6.45, 7) is 2.11. The van der Waals surface area contributed by atoms with Gasteiger partial charge in [-0.2, -0.15) is 0 Å². The molecule has 0 heterocycles. The van der Waals surface area contributed by atoms with Crippen molar-refractivity contribution in [2.45, 2.75) is 19.8 Å². The summed E-state index contributed by atoms with van der Waals surface area (Å²) in [7, 11) is 1.47. The summed E-state index contributed by atoms with van der Waals surface area (Å²) in [6.07, 6.45) is -0.569. The normalized spacial score (nSPS) is 12.3. The van der Waals surface area contributed by atoms with Gasteiger partial charge in [0.15, 0.2) is 6.29 Å². The third-order valence-corrected chi connectivity index (χ3v) is 2.79. The number of rotatable bonds is 6. The fourth-order valence-corrected chi connectivity index (χ4v) is 1.64. The Morgan fingerprint density at radius 2 is 1.84 bits per heavy atom. The summed E-state index contributed by atoms with van der Waals surface area (Å²) in [6, 6.07) is 9.58. The van der Waals surface area contributed by atoms with Gasteiger partial charge in [-0.1, -0.05) is 30.3 Å². The van der Waals surface area contributed by atoms with Crippen LogP contribution in [-0.2, 0) is 11.3 Å². The zero-order valence-electron chi connectivity index (χ0n) is 10.8. The first-order valence-corrected chi connectivity index (χ1v) is 5.94. The molecule has 19 heavy (non-hydrogen) atoms. The molecule has 0 saturated carbocycles. The zero-order valence-corrected chi connectivity index (χ0v) is 10.8. The van der Waals surface area contributed by atoms with E-state index < -0.39 is 17.1 Å². The summed E-state index contributed by atoms with van der Waals surface area (Å²) in [5.41, 5.74) is 0.0766. The van der Waals surface area contributed by atoms with Gasteiger partial charge in [0.25, 0.3) is 10.9 Å². The van der Waals surface area contributed by atoms with Crippen molar-refractivity contribution in [2.24, 2.45) is 0 Å². The van der Waals surface area contributed by atoms with Crippen LogP contribution < -0.4 is 20.9 Å². The number of benzene rings is 1. The predicted octanol–water partition coefficient (Wildman–Crippen LogP) is 1.27. The zero-order chi connectivity index (χ0) is 13.8. The topological polar surface area (TPSA) is 64.6 Å². The van der Waals surface area contributed by atoms with Gasteiger partial charge < -0.3 is 14.8 Å². The summed E-state index contributed by atoms with van der Waals surface area (Å²) < 4.78 is 10.1. The Morgan fingerprint density at radius 3 is 2.47 bits per heavy atom. The summed E-state index contributed by atoms with van der Waals surface area (Å²) >= 11 is 0. The van der Waals surface area contributed by atoms with E-state index in [4.69, 9.17) is 9.47 Å². The van der Waals surface area contributed by atoms with Crippen molar-refractivity contribution in [1.82, 2.24) is 0 Å². The van der Waals surface area contributed by atoms with Crippen molar-refractivity contribution in [2.75, 3.05) is 12.4 Å². The Labute approximate surface area is 110 Å². The number of ether oxygens (including phenoxy) is 2. The van der Waals surface area contributed by atoms with E-state index in [0.29, 0.717) is 6.54 Å². The molecule has 0 aliphatic heterocycles. The number of methoxy groups -OCH3 is 1. The Balaban J connectivity index is 2.07. The molecule has 2 aromatic rings. The molecule has 1 unspecified atom stereocenters. The minimum atomic E-state index is -0.612. The maximum atomic E-state index is 11.5. The second-order valence-corrected chi connectivity index (χ2v) is 4.12. The largest absolute Gasteiger partial charge is 0.459 e. The van der Waals surface area contributed by atoms with Crippen molar-refractivity contribution >= 4 is 5.69 Å². The lowest BCUT2D eigenvalue weighted by Gasteiger charge is -2.17. The molecule has 0 bridgehead atoms. The Bertz CT molecular complexity index is 614. The van der Waals surface area contributed by atoms with E-state index in [1.54, 1.807) is 6.92 Å². The molecule has 100 valence electrons. The molecule has 5 heteroatoms. The third kappa shape index (κ3) is 2.82. The van der Waals surface area contributed by atoms with Gasteiger partial charge >= 0.3 is 0 Å². The lowest BCUT2D eigenvalue weighted by atomic mass is 10.2. The van der Waals surface area contributed by atoms with E-state index in [2.05, 4.69) is 5.32 Å². The van der Waals surface area contributed by atoms with Gasteiger partial charge in [0.1, 0.15) is 5.69 Å². The van der Waals surface area contributed by atoms with Crippen LogP contribution in [0.15, 0.2) is 39.9 Å². The van der Waals surface area contributed by atoms with Crippen LogP contribution in [-0.4, -0.2) is 13.4 Å². The van der Waals surface area contributed by atoms with E-state index in [-0.39, 0.29) is 11.4 Å². The second kappa shape index (κ2) is 5.67. The number of nitrogens with one attached hydrogen (secondary N) is 1. The van der Waals surface area contributed by atoms with Gasteiger partial charge in [-0.05, 0) is 12.5 Å². The van der Waals surface area contributed by atoms with Crippen LogP contribution in [0.3, 0.4) is 0 Å². The van der Waals surface area contributed by atoms with Crippen molar-refractivity contribution in [3.63, 3.8) is 0 Å². The first kappa shape index (κ1) is 13.3. The average Bonchev–Trinajstić information content (AvgIpc) is 2.46. The van der Waals surface area contributed by atoms with Crippen LogP contribution in [0.5, 0.6) is 5.75 Å². The molecule has 0 fully saturated rings. The molecule has 0 amide bonds. The minimum absolute atomic E-state index is 0.0512. The molecule has 1 atom stereocenters. The highest BCUT2D eigenvalue weighted by molar-refractivity contribution is 5.61. The lowest BCUT2D eigenvalue weighted by molar-refractivity contribution is -0.0391. The lowest BCUT2D eigenvalue weighted by Crippen LogP contribution is -2.37. The maximum absolute atomic E-state index is 11.5. The summed E-state index contributed by atoms with van der Waals surface area (Å²) in [5.74, 6) is 0.0512. The molecule has 0 spiro atoms. The summed E-state index contributed by atoms with van der Waals surface area (Å²) in [5, 5.41) is 2.92. The molecule has 1 N–H and O–H groups in total. The van der Waals surface area contributed by atoms with Gasteiger partial charge in [0, 0.05) is 13.7 Å². The van der Waals surface area contributed by atoms with E-state index in [1.165, 1.54) is 7.11 Å². The number of anilines is 1. The standard InChI is InChI=1S/C14H15NO4/c1-9(18-2)19-14-11(12(16)13(14)17)15-8-10-6-4-3-5-7-10/h3-7,9,15H,8H2,1-2H3. The Kier molecular flexibility index (Phi) is 3.97. The van der Waals surface area contributed by atoms with Crippen molar-refractivity contribution in [3.8, 4) is 5.75 Å². The van der Waals surface area contributed by atoms with Crippen molar-refractivity contribution in [1.29, 1.82) is 0 Å². The summed E-state index contributed by atoms with van der Waals surface area (Å²) in [4.78, 5) is 22.9. The van der Waals surface area contributed by atoms with E-state index in [1.807, 2.05) is 30.3 Å². The van der Waals surface area contributed by atoms with Crippen molar-refractivity contribution in [3.05, 3.63) is 56.3 Å². The monoisotopic (exact) mass is 261 g/mol. The molecular weight excluding hydrogens is 246 g/mol. The molecule has 0 aromatic heterocycles. The highest BCUT2D eigenvalue weighted by atomic mass is 16.7. The molecule has 0 saturated heterocycles. The maximum Gasteiger partial charge on any atom is 0.272 e. The smallest absolute Gasteiger partial charge is 0.272 e. The van der Waals surface area contributed by atoms with Gasteiger partial charge in [-0.15, -0.1) is 0 Å². The molecule has 2 aromatic carbocycles. The second-order valence-electron chi connectivity index (χ2n) is 4.12. The minimum Gasteiger partial charge on any atom is -0.459 e. The molecule has 2 rings (SSSR count). The Morgan fingerprint density at radius 1 is 1.16 bits per heavy atom. The highest BCUT2D eigenvalue weighted by Crippen LogP contribution is 2.19. The first-order valence-electron chi connectivity index (χ1n) is 5.94. The van der Waals surface area contributed by atoms with Crippen LogP contribution in [0.4, 0.5) is 5.69 Å². The van der Waals surface area contributed by atoms with Gasteiger partial charge in [0.05, 0.1) is 0 Å². The van der Waals surface area contributed by atoms with Crippen LogP contribution in [0.1, 0.15) is 12.5 Å². The average molecular weight is 261 g/mol. The molecule has 0 aliphatic carbocycles. The Hall–Kier alpha value is -2.14. The van der Waals surface area contributed by atoms with Crippen molar-refractivity contribution < 1.29 is 9.47 Å². The fraction of sp³-hybridized carbons (Fsp3) is 0.286. The van der Waals surface area contributed by atoms with Gasteiger partial charge in [-0.25, -0.2) is 0 Å². The van der Waals surface area contributed by atoms with E-state index >= 15 is 0 Å². The van der Waals surface area contributed by atoms with Crippen LogP contribution in [0, 0.1) is 0 Å². The molecule has 0 aliphatic rings. The quantitative estimate of drug-likeness (QED) is 0.626. The predicted molar refractivity (Wildman–Crippen MR) is 72.2 cm³/mol. The SMILES string of the molecule is COC(C)Oc1c(NCc2ccccc2)c(=O)c1=O. The first-order chi connectivity index (χ1) is 9.13. The molecule has 5 nitrogen and oxygen atoms in total. The highest BCUT2D eigenvalue weighted by Gasteiger charge is 2.23. The van der Waals surface area contributed by atoms with E-state index in [0.717, 1.165) is 5.56 Å². The van der Waals surface area contributed by atoms with Crippen LogP contribution in [0.25, 0.3) is 0 Å². The third-order valence-electron chi connectivity index (χ3n) is 2.79. The van der Waals surface area contributed by atoms with E-state index in [9.17, 15) is 9.59 Å². The molecule has 0 radical (unpaired) electrons. The number of hydrogen-bond donors (Lipinski definition) is 1. The fourth-order valence-electron chi connectivity index (χ4n) is 1.64. The van der Waals surface area contributed by atoms with Crippen LogP contribution >= 0.6 is 0 Å². The molecular formula is C14H15NO4. The van der Waals surface area contributed by atoms with Crippen LogP contribution in [0.2, 0.25) is 0 Å². The van der Waals surface area contributed by atoms with Gasteiger partial charge in [-0.3, -0.25) is 9.59 Å².